The number of carbonyl (C=O) groups excluding carboxylic acids is 2. The molecule has 0 saturated carbocycles. The number of likely N-dealkylation sites (tertiary alicyclic amines) is 1. The van der Waals surface area contributed by atoms with Crippen LogP contribution in [0.3, 0.4) is 0 Å². The zero-order valence-corrected chi connectivity index (χ0v) is 12.3. The van der Waals surface area contributed by atoms with Gasteiger partial charge in [-0.05, 0) is 40.9 Å². The van der Waals surface area contributed by atoms with Crippen molar-refractivity contribution in [3.8, 4) is 0 Å². The third kappa shape index (κ3) is 3.53. The maximum absolute atomic E-state index is 12.3. The van der Waals surface area contributed by atoms with E-state index in [2.05, 4.69) is 26.2 Å². The molecule has 2 heterocycles. The molecule has 0 radical (unpaired) electrons. The second-order valence-electron chi connectivity index (χ2n) is 4.61. The Bertz CT molecular complexity index is 485. The first kappa shape index (κ1) is 14.0. The Morgan fingerprint density at radius 3 is 2.68 bits per heavy atom. The predicted octanol–water partition coefficient (Wildman–Crippen LogP) is 1.58. The van der Waals surface area contributed by atoms with E-state index in [1.165, 1.54) is 6.92 Å². The fraction of sp³-hybridized carbons (Fsp3) is 0.462. The van der Waals surface area contributed by atoms with Crippen molar-refractivity contribution in [1.82, 2.24) is 15.2 Å². The van der Waals surface area contributed by atoms with Gasteiger partial charge in [0.2, 0.25) is 5.91 Å². The minimum atomic E-state index is -0.0141. The molecule has 0 bridgehead atoms. The molecule has 1 aromatic heterocycles. The summed E-state index contributed by atoms with van der Waals surface area (Å²) in [4.78, 5) is 29.2. The second kappa shape index (κ2) is 6.14. The van der Waals surface area contributed by atoms with E-state index in [-0.39, 0.29) is 17.9 Å². The van der Waals surface area contributed by atoms with Crippen LogP contribution in [0.1, 0.15) is 30.1 Å². The van der Waals surface area contributed by atoms with Crippen LogP contribution < -0.4 is 5.32 Å². The standard InChI is InChI=1S/C13H16BrN3O2/c1-9(18)16-10-4-7-17(8-5-10)13(19)11-3-2-6-15-12(11)14/h2-3,6,10H,4-5,7-8H2,1H3,(H,16,18). The summed E-state index contributed by atoms with van der Waals surface area (Å²) < 4.78 is 0.573. The molecule has 0 atom stereocenters. The third-order valence-electron chi connectivity index (χ3n) is 3.18. The highest BCUT2D eigenvalue weighted by molar-refractivity contribution is 9.10. The first-order valence-corrected chi connectivity index (χ1v) is 7.04. The Labute approximate surface area is 120 Å². The summed E-state index contributed by atoms with van der Waals surface area (Å²) >= 11 is 3.29. The average Bonchev–Trinajstić information content (AvgIpc) is 2.39. The lowest BCUT2D eigenvalue weighted by atomic mass is 10.0. The number of halogens is 1. The molecule has 19 heavy (non-hydrogen) atoms. The highest BCUT2D eigenvalue weighted by Gasteiger charge is 2.25. The molecule has 1 saturated heterocycles. The lowest BCUT2D eigenvalue weighted by Crippen LogP contribution is -2.46. The van der Waals surface area contributed by atoms with Crippen molar-refractivity contribution in [3.05, 3.63) is 28.5 Å². The van der Waals surface area contributed by atoms with Crippen LogP contribution in [-0.2, 0) is 4.79 Å². The molecule has 0 unspecified atom stereocenters. The van der Waals surface area contributed by atoms with Gasteiger partial charge < -0.3 is 10.2 Å². The van der Waals surface area contributed by atoms with Crippen molar-refractivity contribution in [2.24, 2.45) is 0 Å². The van der Waals surface area contributed by atoms with E-state index in [1.54, 1.807) is 23.2 Å². The fourth-order valence-electron chi connectivity index (χ4n) is 2.23. The molecule has 102 valence electrons. The molecule has 1 aromatic rings. The number of carbonyl (C=O) groups is 2. The normalized spacial score (nSPS) is 16.2. The Balaban J connectivity index is 1.96. The predicted molar refractivity (Wildman–Crippen MR) is 74.7 cm³/mol. The van der Waals surface area contributed by atoms with Gasteiger partial charge in [-0.3, -0.25) is 9.59 Å². The van der Waals surface area contributed by atoms with Gasteiger partial charge in [0, 0.05) is 32.3 Å². The van der Waals surface area contributed by atoms with Crippen molar-refractivity contribution < 1.29 is 9.59 Å². The highest BCUT2D eigenvalue weighted by atomic mass is 79.9. The van der Waals surface area contributed by atoms with E-state index in [0.29, 0.717) is 23.3 Å². The quantitative estimate of drug-likeness (QED) is 0.840. The van der Waals surface area contributed by atoms with Gasteiger partial charge in [0.25, 0.3) is 5.91 Å². The zero-order valence-electron chi connectivity index (χ0n) is 10.7. The molecule has 2 rings (SSSR count). The second-order valence-corrected chi connectivity index (χ2v) is 5.36. The van der Waals surface area contributed by atoms with Crippen LogP contribution >= 0.6 is 15.9 Å². The summed E-state index contributed by atoms with van der Waals surface area (Å²) in [6.07, 6.45) is 3.23. The van der Waals surface area contributed by atoms with Crippen LogP contribution in [0.4, 0.5) is 0 Å². The van der Waals surface area contributed by atoms with Gasteiger partial charge in [-0.25, -0.2) is 4.98 Å². The maximum Gasteiger partial charge on any atom is 0.256 e. The Morgan fingerprint density at radius 1 is 1.42 bits per heavy atom. The lowest BCUT2D eigenvalue weighted by Gasteiger charge is -2.32. The minimum Gasteiger partial charge on any atom is -0.353 e. The Kier molecular flexibility index (Phi) is 4.52. The van der Waals surface area contributed by atoms with Crippen molar-refractivity contribution in [2.45, 2.75) is 25.8 Å². The molecule has 6 heteroatoms. The fourth-order valence-corrected chi connectivity index (χ4v) is 2.65. The molecule has 0 aromatic carbocycles. The largest absolute Gasteiger partial charge is 0.353 e. The summed E-state index contributed by atoms with van der Waals surface area (Å²) in [6.45, 7) is 2.83. The number of hydrogen-bond donors (Lipinski definition) is 1. The lowest BCUT2D eigenvalue weighted by molar-refractivity contribution is -0.119. The molecule has 0 aliphatic carbocycles. The van der Waals surface area contributed by atoms with Crippen LogP contribution in [0.2, 0.25) is 0 Å². The Morgan fingerprint density at radius 2 is 2.11 bits per heavy atom. The van der Waals surface area contributed by atoms with Gasteiger partial charge in [0.05, 0.1) is 5.56 Å². The van der Waals surface area contributed by atoms with E-state index in [4.69, 9.17) is 0 Å². The monoisotopic (exact) mass is 325 g/mol. The number of rotatable bonds is 2. The molecule has 1 fully saturated rings. The molecular formula is C13H16BrN3O2. The topological polar surface area (TPSA) is 62.3 Å². The summed E-state index contributed by atoms with van der Waals surface area (Å²) in [7, 11) is 0. The van der Waals surface area contributed by atoms with Crippen LogP contribution in [-0.4, -0.2) is 40.8 Å². The highest BCUT2D eigenvalue weighted by Crippen LogP contribution is 2.18. The molecule has 2 amide bonds. The summed E-state index contributed by atoms with van der Waals surface area (Å²) in [5.74, 6) is -0.0268. The first-order valence-electron chi connectivity index (χ1n) is 6.25. The van der Waals surface area contributed by atoms with Crippen molar-refractivity contribution >= 4 is 27.7 Å². The third-order valence-corrected chi connectivity index (χ3v) is 3.81. The molecular weight excluding hydrogens is 310 g/mol. The van der Waals surface area contributed by atoms with E-state index >= 15 is 0 Å². The van der Waals surface area contributed by atoms with Gasteiger partial charge in [-0.1, -0.05) is 0 Å². The van der Waals surface area contributed by atoms with Gasteiger partial charge in [0.15, 0.2) is 0 Å². The van der Waals surface area contributed by atoms with Gasteiger partial charge in [0.1, 0.15) is 4.60 Å². The minimum absolute atomic E-state index is 0.0127. The number of nitrogens with zero attached hydrogens (tertiary/aromatic N) is 2. The molecule has 5 nitrogen and oxygen atoms in total. The van der Waals surface area contributed by atoms with Crippen molar-refractivity contribution in [1.29, 1.82) is 0 Å². The van der Waals surface area contributed by atoms with E-state index in [9.17, 15) is 9.59 Å². The Hall–Kier alpha value is -1.43. The van der Waals surface area contributed by atoms with Crippen LogP contribution in [0.15, 0.2) is 22.9 Å². The SMILES string of the molecule is CC(=O)NC1CCN(C(=O)c2cccnc2Br)CC1. The van der Waals surface area contributed by atoms with E-state index in [1.807, 2.05) is 0 Å². The number of aromatic nitrogens is 1. The maximum atomic E-state index is 12.3. The zero-order chi connectivity index (χ0) is 13.8. The summed E-state index contributed by atoms with van der Waals surface area (Å²) in [6, 6.07) is 3.69. The molecule has 1 N–H and O–H groups in total. The number of pyridine rings is 1. The van der Waals surface area contributed by atoms with Crippen LogP contribution in [0.25, 0.3) is 0 Å². The first-order chi connectivity index (χ1) is 9.08. The van der Waals surface area contributed by atoms with Gasteiger partial charge in [-0.15, -0.1) is 0 Å². The smallest absolute Gasteiger partial charge is 0.256 e. The molecule has 0 spiro atoms. The van der Waals surface area contributed by atoms with Crippen molar-refractivity contribution in [3.63, 3.8) is 0 Å². The average molecular weight is 326 g/mol. The number of hydrogen-bond acceptors (Lipinski definition) is 3. The number of piperidine rings is 1. The summed E-state index contributed by atoms with van der Waals surface area (Å²) in [5.41, 5.74) is 0.584. The van der Waals surface area contributed by atoms with Gasteiger partial charge >= 0.3 is 0 Å². The number of nitrogens with one attached hydrogen (secondary N) is 1. The van der Waals surface area contributed by atoms with Crippen LogP contribution in [0, 0.1) is 0 Å². The number of amides is 2. The van der Waals surface area contributed by atoms with E-state index in [0.717, 1.165) is 12.8 Å². The van der Waals surface area contributed by atoms with Gasteiger partial charge in [-0.2, -0.15) is 0 Å². The molecule has 1 aliphatic rings. The van der Waals surface area contributed by atoms with E-state index < -0.39 is 0 Å². The van der Waals surface area contributed by atoms with Crippen molar-refractivity contribution in [2.75, 3.05) is 13.1 Å². The molecule has 1 aliphatic heterocycles. The summed E-state index contributed by atoms with van der Waals surface area (Å²) in [5, 5.41) is 2.89. The van der Waals surface area contributed by atoms with Crippen LogP contribution in [0.5, 0.6) is 0 Å².